The minimum Gasteiger partial charge on any atom is -0.388 e. The second-order valence-electron chi connectivity index (χ2n) is 6.34. The molecular formula is C18H16N4O. The molecule has 0 fully saturated rings. The van der Waals surface area contributed by atoms with Crippen LogP contribution in [0.15, 0.2) is 49.2 Å². The van der Waals surface area contributed by atoms with Crippen LogP contribution >= 0.6 is 0 Å². The van der Waals surface area contributed by atoms with Crippen molar-refractivity contribution in [1.82, 2.24) is 19.7 Å². The van der Waals surface area contributed by atoms with Crippen LogP contribution in [0.25, 0.3) is 11.3 Å². The lowest BCUT2D eigenvalue weighted by Crippen LogP contribution is -2.28. The minimum absolute atomic E-state index is 0.114. The number of aromatic nitrogens is 4. The van der Waals surface area contributed by atoms with Crippen molar-refractivity contribution in [2.75, 3.05) is 0 Å². The normalized spacial score (nSPS) is 24.8. The molecule has 1 aliphatic heterocycles. The maximum atomic E-state index is 11.0. The van der Waals surface area contributed by atoms with Crippen LogP contribution in [0, 0.1) is 5.92 Å². The van der Waals surface area contributed by atoms with Gasteiger partial charge in [-0.05, 0) is 24.0 Å². The summed E-state index contributed by atoms with van der Waals surface area (Å²) in [7, 11) is 0. The van der Waals surface area contributed by atoms with Gasteiger partial charge < -0.3 is 9.67 Å². The molecule has 2 aliphatic rings. The van der Waals surface area contributed by atoms with Crippen LogP contribution in [0.1, 0.15) is 35.3 Å². The van der Waals surface area contributed by atoms with E-state index in [0.29, 0.717) is 0 Å². The Labute approximate surface area is 133 Å². The second-order valence-corrected chi connectivity index (χ2v) is 6.34. The predicted octanol–water partition coefficient (Wildman–Crippen LogP) is 2.54. The quantitative estimate of drug-likeness (QED) is 0.750. The van der Waals surface area contributed by atoms with E-state index < -0.39 is 6.10 Å². The second kappa shape index (κ2) is 4.73. The third-order valence-corrected chi connectivity index (χ3v) is 5.25. The number of hydrogen-bond acceptors (Lipinski definition) is 4. The molecule has 0 saturated heterocycles. The van der Waals surface area contributed by atoms with E-state index in [1.807, 2.05) is 12.5 Å². The van der Waals surface area contributed by atoms with Gasteiger partial charge in [0.25, 0.3) is 0 Å². The van der Waals surface area contributed by atoms with E-state index in [1.54, 1.807) is 12.4 Å². The Morgan fingerprint density at radius 1 is 1.04 bits per heavy atom. The average Bonchev–Trinajstić information content (AvgIpc) is 3.17. The first kappa shape index (κ1) is 13.0. The van der Waals surface area contributed by atoms with Crippen molar-refractivity contribution in [3.63, 3.8) is 0 Å². The van der Waals surface area contributed by atoms with Gasteiger partial charge in [-0.2, -0.15) is 10.2 Å². The molecule has 1 unspecified atom stereocenters. The Hall–Kier alpha value is -2.53. The zero-order chi connectivity index (χ0) is 15.4. The maximum Gasteiger partial charge on any atom is 0.0956 e. The lowest BCUT2D eigenvalue weighted by Gasteiger charge is -2.34. The Morgan fingerprint density at radius 3 is 2.87 bits per heavy atom. The van der Waals surface area contributed by atoms with E-state index in [4.69, 9.17) is 0 Å². The lowest BCUT2D eigenvalue weighted by molar-refractivity contribution is 0.0714. The lowest BCUT2D eigenvalue weighted by atomic mass is 9.77. The van der Waals surface area contributed by atoms with Crippen LogP contribution < -0.4 is 0 Å². The summed E-state index contributed by atoms with van der Waals surface area (Å²) in [5, 5.41) is 18.9. The maximum absolute atomic E-state index is 11.0. The Morgan fingerprint density at radius 2 is 1.91 bits per heavy atom. The van der Waals surface area contributed by atoms with Crippen LogP contribution in [0.2, 0.25) is 0 Å². The van der Waals surface area contributed by atoms with Gasteiger partial charge in [0, 0.05) is 17.0 Å². The number of aliphatic hydroxyl groups excluding tert-OH is 1. The molecule has 2 aromatic heterocycles. The zero-order valence-electron chi connectivity index (χ0n) is 12.5. The molecule has 1 aromatic carbocycles. The minimum atomic E-state index is -0.527. The van der Waals surface area contributed by atoms with E-state index in [-0.39, 0.29) is 12.0 Å². The largest absolute Gasteiger partial charge is 0.388 e. The number of hydrogen-bond donors (Lipinski definition) is 1. The van der Waals surface area contributed by atoms with E-state index in [9.17, 15) is 5.11 Å². The molecule has 5 heteroatoms. The number of rotatable bonds is 1. The van der Waals surface area contributed by atoms with Crippen LogP contribution in [0.4, 0.5) is 0 Å². The first-order chi connectivity index (χ1) is 11.3. The van der Waals surface area contributed by atoms with Gasteiger partial charge in [0.15, 0.2) is 0 Å². The molecule has 1 aliphatic carbocycles. The topological polar surface area (TPSA) is 63.8 Å². The number of aliphatic hydroxyl groups is 1. The van der Waals surface area contributed by atoms with Crippen molar-refractivity contribution in [3.8, 4) is 11.3 Å². The summed E-state index contributed by atoms with van der Waals surface area (Å²) in [6.07, 6.45) is 8.61. The Bertz CT molecular complexity index is 888. The van der Waals surface area contributed by atoms with Gasteiger partial charge in [0.1, 0.15) is 0 Å². The van der Waals surface area contributed by atoms with E-state index in [1.165, 1.54) is 11.1 Å². The Kier molecular flexibility index (Phi) is 2.67. The van der Waals surface area contributed by atoms with Crippen LogP contribution in [-0.2, 0) is 6.42 Å². The third kappa shape index (κ3) is 1.74. The van der Waals surface area contributed by atoms with Gasteiger partial charge in [0.2, 0.25) is 0 Å². The molecule has 23 heavy (non-hydrogen) atoms. The van der Waals surface area contributed by atoms with Crippen molar-refractivity contribution in [1.29, 1.82) is 0 Å². The van der Waals surface area contributed by atoms with Gasteiger partial charge in [-0.3, -0.25) is 0 Å². The van der Waals surface area contributed by atoms with Gasteiger partial charge in [-0.1, -0.05) is 24.3 Å². The van der Waals surface area contributed by atoms with Gasteiger partial charge in [-0.15, -0.1) is 0 Å². The number of fused-ring (bicyclic) bond motifs is 4. The average molecular weight is 304 g/mol. The number of imidazole rings is 1. The summed E-state index contributed by atoms with van der Waals surface area (Å²) < 4.78 is 2.21. The molecule has 0 amide bonds. The molecule has 3 heterocycles. The molecule has 3 aromatic rings. The number of aryl methyl sites for hydroxylation is 1. The molecule has 0 saturated carbocycles. The molecule has 114 valence electrons. The first-order valence-corrected chi connectivity index (χ1v) is 7.93. The van der Waals surface area contributed by atoms with E-state index in [2.05, 4.69) is 44.0 Å². The highest BCUT2D eigenvalue weighted by Gasteiger charge is 2.40. The van der Waals surface area contributed by atoms with Gasteiger partial charge in [0.05, 0.1) is 42.8 Å². The van der Waals surface area contributed by atoms with Crippen LogP contribution in [0.5, 0.6) is 0 Å². The fourth-order valence-electron chi connectivity index (χ4n) is 4.18. The smallest absolute Gasteiger partial charge is 0.0956 e. The standard InChI is InChI=1S/C18H16N4O/c23-18-14(6-5-11-7-20-21-8-15(11)18)17-13-4-2-1-3-12(13)16-9-19-10-22(16)17/h1-4,7-10,14,17-18,23H,5-6H2/t14-,17?,18+/m1/s1. The number of benzene rings is 1. The molecule has 5 rings (SSSR count). The highest BCUT2D eigenvalue weighted by molar-refractivity contribution is 5.69. The summed E-state index contributed by atoms with van der Waals surface area (Å²) in [5.41, 5.74) is 5.67. The summed E-state index contributed by atoms with van der Waals surface area (Å²) in [4.78, 5) is 4.32. The van der Waals surface area contributed by atoms with Crippen molar-refractivity contribution >= 4 is 0 Å². The van der Waals surface area contributed by atoms with Crippen LogP contribution in [0.3, 0.4) is 0 Å². The molecule has 0 radical (unpaired) electrons. The summed E-state index contributed by atoms with van der Waals surface area (Å²) >= 11 is 0. The van der Waals surface area contributed by atoms with Gasteiger partial charge in [-0.25, -0.2) is 4.98 Å². The van der Waals surface area contributed by atoms with Crippen LogP contribution in [-0.4, -0.2) is 24.9 Å². The predicted molar refractivity (Wildman–Crippen MR) is 84.6 cm³/mol. The van der Waals surface area contributed by atoms with Crippen molar-refractivity contribution < 1.29 is 5.11 Å². The fourth-order valence-corrected chi connectivity index (χ4v) is 4.18. The van der Waals surface area contributed by atoms with Crippen molar-refractivity contribution in [2.45, 2.75) is 25.0 Å². The molecule has 5 nitrogen and oxygen atoms in total. The monoisotopic (exact) mass is 304 g/mol. The van der Waals surface area contributed by atoms with E-state index >= 15 is 0 Å². The van der Waals surface area contributed by atoms with E-state index in [0.717, 1.165) is 29.7 Å². The summed E-state index contributed by atoms with van der Waals surface area (Å²) in [6, 6.07) is 8.55. The first-order valence-electron chi connectivity index (χ1n) is 7.93. The highest BCUT2D eigenvalue weighted by atomic mass is 16.3. The molecule has 1 N–H and O–H groups in total. The number of nitrogens with zero attached hydrogens (tertiary/aromatic N) is 4. The van der Waals surface area contributed by atoms with Gasteiger partial charge >= 0.3 is 0 Å². The van der Waals surface area contributed by atoms with Crippen molar-refractivity contribution in [2.24, 2.45) is 5.92 Å². The Balaban J connectivity index is 1.64. The molecule has 3 atom stereocenters. The summed E-state index contributed by atoms with van der Waals surface area (Å²) in [6.45, 7) is 0. The molecule has 0 bridgehead atoms. The SMILES string of the molecule is O[C@@H]1c2cnncc2CC[C@@H]1C1c2ccccc2-c2cncn21. The summed E-state index contributed by atoms with van der Waals surface area (Å²) in [5.74, 6) is 0.114. The van der Waals surface area contributed by atoms with Crippen molar-refractivity contribution in [3.05, 3.63) is 65.9 Å². The molecular weight excluding hydrogens is 288 g/mol. The molecule has 0 spiro atoms. The zero-order valence-corrected chi connectivity index (χ0v) is 12.5. The third-order valence-electron chi connectivity index (χ3n) is 5.25. The fraction of sp³-hybridized carbons (Fsp3) is 0.278. The highest BCUT2D eigenvalue weighted by Crippen LogP contribution is 2.49.